The van der Waals surface area contributed by atoms with E-state index < -0.39 is 17.7 Å². The first-order valence-corrected chi connectivity index (χ1v) is 5.04. The zero-order chi connectivity index (χ0) is 12.6. The lowest BCUT2D eigenvalue weighted by atomic mass is 10.1. The Kier molecular flexibility index (Phi) is 2.73. The molecule has 0 radical (unpaired) electrons. The van der Waals surface area contributed by atoms with Crippen LogP contribution in [-0.4, -0.2) is 17.1 Å². The Morgan fingerprint density at radius 3 is 2.76 bits per heavy atom. The zero-order valence-corrected chi connectivity index (χ0v) is 8.71. The lowest BCUT2D eigenvalue weighted by molar-refractivity contribution is -0.138. The van der Waals surface area contributed by atoms with E-state index in [9.17, 15) is 18.0 Å². The zero-order valence-electron chi connectivity index (χ0n) is 8.71. The van der Waals surface area contributed by atoms with Crippen molar-refractivity contribution in [3.8, 4) is 0 Å². The maximum Gasteiger partial charge on any atom is 0.416 e. The highest BCUT2D eigenvalue weighted by molar-refractivity contribution is 5.70. The molecule has 17 heavy (non-hydrogen) atoms. The number of carbonyl (C=O) groups is 1. The minimum absolute atomic E-state index is 0.101. The van der Waals surface area contributed by atoms with Crippen molar-refractivity contribution in [2.45, 2.75) is 25.1 Å². The molecule has 0 aromatic heterocycles. The van der Waals surface area contributed by atoms with E-state index in [1.807, 2.05) is 0 Å². The molecule has 2 N–H and O–H groups in total. The third-order valence-corrected chi connectivity index (χ3v) is 2.68. The third kappa shape index (κ3) is 2.51. The van der Waals surface area contributed by atoms with Gasteiger partial charge < -0.3 is 10.4 Å². The molecule has 2 rings (SSSR count). The van der Waals surface area contributed by atoms with Gasteiger partial charge in [-0.05, 0) is 30.2 Å². The van der Waals surface area contributed by atoms with E-state index in [1.54, 1.807) is 0 Å². The van der Waals surface area contributed by atoms with Crippen molar-refractivity contribution in [3.63, 3.8) is 0 Å². The predicted octanol–water partition coefficient (Wildman–Crippen LogP) is 2.52. The highest BCUT2D eigenvalue weighted by Gasteiger charge is 2.32. The molecule has 1 aromatic rings. The average molecular weight is 245 g/mol. The largest absolute Gasteiger partial charge is 0.481 e. The van der Waals surface area contributed by atoms with Gasteiger partial charge in [0.05, 0.1) is 12.0 Å². The first-order valence-electron chi connectivity index (χ1n) is 5.04. The van der Waals surface area contributed by atoms with Crippen LogP contribution in [0.2, 0.25) is 0 Å². The van der Waals surface area contributed by atoms with Crippen LogP contribution in [-0.2, 0) is 17.4 Å². The first-order chi connectivity index (χ1) is 7.86. The normalized spacial score (nSPS) is 18.6. The van der Waals surface area contributed by atoms with E-state index in [0.29, 0.717) is 17.7 Å². The van der Waals surface area contributed by atoms with Crippen molar-refractivity contribution in [3.05, 3.63) is 29.3 Å². The molecule has 1 aliphatic rings. The van der Waals surface area contributed by atoms with Gasteiger partial charge in [0.2, 0.25) is 0 Å². The summed E-state index contributed by atoms with van der Waals surface area (Å²) in [6.07, 6.45) is -4.15. The number of rotatable bonds is 2. The van der Waals surface area contributed by atoms with Crippen LogP contribution in [0.3, 0.4) is 0 Å². The van der Waals surface area contributed by atoms with E-state index in [-0.39, 0.29) is 12.5 Å². The van der Waals surface area contributed by atoms with E-state index in [4.69, 9.17) is 5.11 Å². The van der Waals surface area contributed by atoms with Crippen molar-refractivity contribution >= 4 is 11.7 Å². The van der Waals surface area contributed by atoms with Crippen molar-refractivity contribution in [1.82, 2.24) is 0 Å². The molecule has 0 saturated heterocycles. The number of alkyl halides is 3. The second-order valence-corrected chi connectivity index (χ2v) is 4.01. The van der Waals surface area contributed by atoms with Crippen LogP contribution >= 0.6 is 0 Å². The fraction of sp³-hybridized carbons (Fsp3) is 0.364. The number of fused-ring (bicyclic) bond motifs is 1. The van der Waals surface area contributed by atoms with Crippen LogP contribution in [0.5, 0.6) is 0 Å². The minimum Gasteiger partial charge on any atom is -0.481 e. The van der Waals surface area contributed by atoms with Crippen LogP contribution in [0.1, 0.15) is 17.5 Å². The number of hydrogen-bond donors (Lipinski definition) is 2. The second kappa shape index (κ2) is 3.94. The van der Waals surface area contributed by atoms with E-state index >= 15 is 0 Å². The van der Waals surface area contributed by atoms with Crippen molar-refractivity contribution in [1.29, 1.82) is 0 Å². The van der Waals surface area contributed by atoms with Gasteiger partial charge in [-0.15, -0.1) is 0 Å². The van der Waals surface area contributed by atoms with Gasteiger partial charge in [-0.25, -0.2) is 0 Å². The first kappa shape index (κ1) is 11.8. The van der Waals surface area contributed by atoms with E-state index in [1.165, 1.54) is 6.07 Å². The molecule has 0 aliphatic carbocycles. The van der Waals surface area contributed by atoms with Crippen LogP contribution in [0.25, 0.3) is 0 Å². The molecule has 92 valence electrons. The number of anilines is 1. The quantitative estimate of drug-likeness (QED) is 0.841. The molecule has 0 amide bonds. The number of halogens is 3. The Morgan fingerprint density at radius 1 is 1.47 bits per heavy atom. The van der Waals surface area contributed by atoms with Gasteiger partial charge in [-0.3, -0.25) is 4.79 Å². The molecule has 0 spiro atoms. The Balaban J connectivity index is 2.19. The predicted molar refractivity (Wildman–Crippen MR) is 54.8 cm³/mol. The molecule has 0 fully saturated rings. The number of hydrogen-bond acceptors (Lipinski definition) is 2. The van der Waals surface area contributed by atoms with Crippen molar-refractivity contribution in [2.24, 2.45) is 0 Å². The van der Waals surface area contributed by atoms with Crippen LogP contribution in [0.15, 0.2) is 18.2 Å². The Bertz CT molecular complexity index is 457. The molecule has 3 nitrogen and oxygen atoms in total. The highest BCUT2D eigenvalue weighted by atomic mass is 19.4. The van der Waals surface area contributed by atoms with Crippen LogP contribution in [0.4, 0.5) is 18.9 Å². The van der Waals surface area contributed by atoms with Gasteiger partial charge in [-0.1, -0.05) is 0 Å². The van der Waals surface area contributed by atoms with Gasteiger partial charge in [0.15, 0.2) is 0 Å². The molecule has 1 atom stereocenters. The monoisotopic (exact) mass is 245 g/mol. The van der Waals surface area contributed by atoms with Crippen LogP contribution in [0, 0.1) is 0 Å². The molecule has 1 aliphatic heterocycles. The van der Waals surface area contributed by atoms with Crippen molar-refractivity contribution < 1.29 is 23.1 Å². The lowest BCUT2D eigenvalue weighted by Gasteiger charge is -2.08. The topological polar surface area (TPSA) is 49.3 Å². The maximum atomic E-state index is 12.4. The SMILES string of the molecule is O=C(O)CC1Cc2cc(C(F)(F)F)ccc2N1. The third-order valence-electron chi connectivity index (χ3n) is 2.68. The lowest BCUT2D eigenvalue weighted by Crippen LogP contribution is -2.19. The molecular weight excluding hydrogens is 235 g/mol. The molecule has 0 bridgehead atoms. The number of carboxylic acids is 1. The van der Waals surface area contributed by atoms with E-state index in [2.05, 4.69) is 5.32 Å². The van der Waals surface area contributed by atoms with Gasteiger partial charge in [0.1, 0.15) is 0 Å². The highest BCUT2D eigenvalue weighted by Crippen LogP contribution is 2.35. The molecule has 0 saturated carbocycles. The maximum absolute atomic E-state index is 12.4. The standard InChI is InChI=1S/C11H10F3NO2/c12-11(13,14)7-1-2-9-6(3-7)4-8(15-9)5-10(16)17/h1-3,8,15H,4-5H2,(H,16,17). The summed E-state index contributed by atoms with van der Waals surface area (Å²) >= 11 is 0. The summed E-state index contributed by atoms with van der Waals surface area (Å²) in [7, 11) is 0. The Morgan fingerprint density at radius 2 is 2.18 bits per heavy atom. The number of aliphatic carboxylic acids is 1. The van der Waals surface area contributed by atoms with Crippen LogP contribution < -0.4 is 5.32 Å². The van der Waals surface area contributed by atoms with Gasteiger partial charge in [0, 0.05) is 11.7 Å². The van der Waals surface area contributed by atoms with Gasteiger partial charge >= 0.3 is 12.1 Å². The molecular formula is C11H10F3NO2. The fourth-order valence-corrected chi connectivity index (χ4v) is 1.95. The average Bonchev–Trinajstić information content (AvgIpc) is 2.55. The van der Waals surface area contributed by atoms with Gasteiger partial charge in [0.25, 0.3) is 0 Å². The van der Waals surface area contributed by atoms with E-state index in [0.717, 1.165) is 12.1 Å². The minimum atomic E-state index is -4.36. The molecule has 1 aromatic carbocycles. The molecule has 1 unspecified atom stereocenters. The Labute approximate surface area is 95.3 Å². The molecule has 6 heteroatoms. The smallest absolute Gasteiger partial charge is 0.416 e. The fourth-order valence-electron chi connectivity index (χ4n) is 1.95. The summed E-state index contributed by atoms with van der Waals surface area (Å²) in [6, 6.07) is 3.09. The Hall–Kier alpha value is -1.72. The summed E-state index contributed by atoms with van der Waals surface area (Å²) in [5.74, 6) is -0.966. The molecule has 1 heterocycles. The number of carboxylic acid groups (broad SMARTS) is 1. The summed E-state index contributed by atoms with van der Waals surface area (Å²) < 4.78 is 37.3. The summed E-state index contributed by atoms with van der Waals surface area (Å²) in [5, 5.41) is 11.5. The summed E-state index contributed by atoms with van der Waals surface area (Å²) in [5.41, 5.74) is 0.407. The number of nitrogens with one attached hydrogen (secondary N) is 1. The summed E-state index contributed by atoms with van der Waals surface area (Å²) in [4.78, 5) is 10.5. The van der Waals surface area contributed by atoms with Crippen molar-refractivity contribution in [2.75, 3.05) is 5.32 Å². The number of benzene rings is 1. The van der Waals surface area contributed by atoms with Gasteiger partial charge in [-0.2, -0.15) is 13.2 Å². The second-order valence-electron chi connectivity index (χ2n) is 4.01. The summed E-state index contributed by atoms with van der Waals surface area (Å²) in [6.45, 7) is 0.